The van der Waals surface area contributed by atoms with Crippen LogP contribution >= 0.6 is 55.1 Å². The Morgan fingerprint density at radius 3 is 2.48 bits per heavy atom. The molecule has 2 aromatic carbocycles. The summed E-state index contributed by atoms with van der Waals surface area (Å²) < 4.78 is 6.48. The van der Waals surface area contributed by atoms with Crippen molar-refractivity contribution < 1.29 is 4.74 Å². The van der Waals surface area contributed by atoms with Crippen LogP contribution in [0.5, 0.6) is 5.75 Å². The summed E-state index contributed by atoms with van der Waals surface area (Å²) in [5.41, 5.74) is 3.21. The fraction of sp³-hybridized carbons (Fsp3) is 0.250. The molecule has 1 nitrogen and oxygen atoms in total. The number of benzene rings is 2. The van der Waals surface area contributed by atoms with Crippen LogP contribution in [-0.2, 0) is 0 Å². The lowest BCUT2D eigenvalue weighted by molar-refractivity contribution is 0.340. The molecule has 112 valence electrons. The van der Waals surface area contributed by atoms with Crippen LogP contribution in [0, 0.1) is 6.92 Å². The maximum atomic E-state index is 6.39. The quantitative estimate of drug-likeness (QED) is 0.456. The summed E-state index contributed by atoms with van der Waals surface area (Å²) in [6.07, 6.45) is 0. The highest BCUT2D eigenvalue weighted by Gasteiger charge is 2.19. The fourth-order valence-electron chi connectivity index (χ4n) is 2.03. The van der Waals surface area contributed by atoms with Gasteiger partial charge >= 0.3 is 0 Å². The van der Waals surface area contributed by atoms with Crippen LogP contribution in [0.25, 0.3) is 0 Å². The van der Waals surface area contributed by atoms with E-state index in [9.17, 15) is 0 Å². The Bertz CT molecular complexity index is 659. The largest absolute Gasteiger partial charge is 0.492 e. The highest BCUT2D eigenvalue weighted by Crippen LogP contribution is 2.42. The van der Waals surface area contributed by atoms with Crippen LogP contribution in [0.4, 0.5) is 0 Å². The van der Waals surface area contributed by atoms with Crippen molar-refractivity contribution in [3.05, 3.63) is 61.5 Å². The van der Waals surface area contributed by atoms with Gasteiger partial charge in [-0.15, -0.1) is 0 Å². The van der Waals surface area contributed by atoms with Gasteiger partial charge in [-0.05, 0) is 37.1 Å². The van der Waals surface area contributed by atoms with Crippen LogP contribution in [0.3, 0.4) is 0 Å². The molecule has 0 fully saturated rings. The molecule has 0 aliphatic heterocycles. The van der Waals surface area contributed by atoms with E-state index in [0.29, 0.717) is 22.4 Å². The molecule has 0 bridgehead atoms. The lowest BCUT2D eigenvalue weighted by Gasteiger charge is -2.17. The van der Waals surface area contributed by atoms with Crippen molar-refractivity contribution in [1.82, 2.24) is 0 Å². The molecule has 0 aromatic heterocycles. The van der Waals surface area contributed by atoms with Crippen LogP contribution in [0.1, 0.15) is 28.4 Å². The van der Waals surface area contributed by atoms with Gasteiger partial charge in [-0.1, -0.05) is 72.8 Å². The van der Waals surface area contributed by atoms with Gasteiger partial charge in [-0.25, -0.2) is 0 Å². The Hall–Kier alpha value is -0.220. The first kappa shape index (κ1) is 17.1. The van der Waals surface area contributed by atoms with Crippen molar-refractivity contribution in [2.45, 2.75) is 18.7 Å². The fourth-order valence-corrected chi connectivity index (χ4v) is 4.19. The molecule has 0 N–H and O–H groups in total. The van der Waals surface area contributed by atoms with E-state index in [1.54, 1.807) is 6.07 Å². The number of aryl methyl sites for hydroxylation is 1. The molecular weight excluding hydrogens is 439 g/mol. The summed E-state index contributed by atoms with van der Waals surface area (Å²) in [6, 6.07) is 9.82. The van der Waals surface area contributed by atoms with E-state index in [1.165, 1.54) is 5.56 Å². The normalized spacial score (nSPS) is 12.3. The smallest absolute Gasteiger partial charge is 0.139 e. The summed E-state index contributed by atoms with van der Waals surface area (Å²) in [7, 11) is 0. The highest BCUT2D eigenvalue weighted by atomic mass is 79.9. The Morgan fingerprint density at radius 2 is 1.81 bits per heavy atom. The van der Waals surface area contributed by atoms with Gasteiger partial charge in [0, 0.05) is 15.6 Å². The zero-order valence-corrected chi connectivity index (χ0v) is 16.3. The predicted molar refractivity (Wildman–Crippen MR) is 97.3 cm³/mol. The Kier molecular flexibility index (Phi) is 6.01. The molecule has 0 aliphatic carbocycles. The second-order valence-electron chi connectivity index (χ2n) is 4.62. The Balaban J connectivity index is 2.46. The third kappa shape index (κ3) is 3.95. The summed E-state index contributed by atoms with van der Waals surface area (Å²) in [5, 5.41) is 1.18. The maximum absolute atomic E-state index is 6.39. The Labute approximate surface area is 151 Å². The molecule has 2 rings (SSSR count). The van der Waals surface area contributed by atoms with Gasteiger partial charge in [0.15, 0.2) is 0 Å². The van der Waals surface area contributed by atoms with Crippen LogP contribution < -0.4 is 4.74 Å². The molecule has 0 saturated carbocycles. The monoisotopic (exact) mass is 450 g/mol. The maximum Gasteiger partial charge on any atom is 0.139 e. The summed E-state index contributed by atoms with van der Waals surface area (Å²) in [5.74, 6) is 0.607. The van der Waals surface area contributed by atoms with E-state index in [1.807, 2.05) is 19.1 Å². The van der Waals surface area contributed by atoms with Gasteiger partial charge in [-0.3, -0.25) is 0 Å². The van der Waals surface area contributed by atoms with E-state index in [4.69, 9.17) is 27.9 Å². The molecule has 5 heteroatoms. The van der Waals surface area contributed by atoms with Crippen LogP contribution in [0.15, 0.2) is 34.8 Å². The van der Waals surface area contributed by atoms with Gasteiger partial charge < -0.3 is 4.74 Å². The van der Waals surface area contributed by atoms with E-state index >= 15 is 0 Å². The van der Waals surface area contributed by atoms with Crippen molar-refractivity contribution in [1.29, 1.82) is 0 Å². The van der Waals surface area contributed by atoms with Crippen molar-refractivity contribution in [2.24, 2.45) is 0 Å². The van der Waals surface area contributed by atoms with Crippen molar-refractivity contribution >= 4 is 55.1 Å². The third-order valence-corrected chi connectivity index (χ3v) is 5.38. The van der Waals surface area contributed by atoms with Crippen LogP contribution in [0.2, 0.25) is 10.0 Å². The van der Waals surface area contributed by atoms with Crippen molar-refractivity contribution in [3.8, 4) is 5.75 Å². The standard InChI is InChI=1S/C16H14Br2Cl2O/c1-3-21-15-8-13(19)11(7-14(15)20)16(18)10-6-9(2)4-5-12(10)17/h4-8,16H,3H2,1-2H3. The lowest BCUT2D eigenvalue weighted by atomic mass is 10.0. The first-order valence-electron chi connectivity index (χ1n) is 6.46. The number of hydrogen-bond donors (Lipinski definition) is 0. The molecule has 21 heavy (non-hydrogen) atoms. The lowest BCUT2D eigenvalue weighted by Crippen LogP contribution is -1.98. The molecule has 1 atom stereocenters. The second-order valence-corrected chi connectivity index (χ2v) is 7.21. The predicted octanol–water partition coefficient (Wildman–Crippen LogP) is 6.95. The molecule has 0 radical (unpaired) electrons. The minimum atomic E-state index is -0.0487. The van der Waals surface area contributed by atoms with Gasteiger partial charge in [0.05, 0.1) is 16.5 Å². The van der Waals surface area contributed by atoms with E-state index in [2.05, 4.69) is 50.9 Å². The number of rotatable bonds is 4. The minimum Gasteiger partial charge on any atom is -0.492 e. The van der Waals surface area contributed by atoms with Gasteiger partial charge in [0.2, 0.25) is 0 Å². The molecule has 0 aliphatic rings. The van der Waals surface area contributed by atoms with E-state index in [-0.39, 0.29) is 4.83 Å². The van der Waals surface area contributed by atoms with E-state index < -0.39 is 0 Å². The van der Waals surface area contributed by atoms with Gasteiger partial charge in [0.25, 0.3) is 0 Å². The molecule has 0 heterocycles. The first-order valence-corrected chi connectivity index (χ1v) is 8.92. The average molecular weight is 453 g/mol. The van der Waals surface area contributed by atoms with Crippen LogP contribution in [-0.4, -0.2) is 6.61 Å². The number of halogens is 4. The van der Waals surface area contributed by atoms with Gasteiger partial charge in [-0.2, -0.15) is 0 Å². The molecule has 2 aromatic rings. The topological polar surface area (TPSA) is 9.23 Å². The molecule has 1 unspecified atom stereocenters. The Morgan fingerprint density at radius 1 is 1.10 bits per heavy atom. The molecule has 0 spiro atoms. The van der Waals surface area contributed by atoms with Gasteiger partial charge in [0.1, 0.15) is 5.75 Å². The molecule has 0 saturated heterocycles. The molecule has 0 amide bonds. The number of alkyl halides is 1. The summed E-state index contributed by atoms with van der Waals surface area (Å²) in [6.45, 7) is 4.52. The van der Waals surface area contributed by atoms with Crippen molar-refractivity contribution in [3.63, 3.8) is 0 Å². The minimum absolute atomic E-state index is 0.0487. The zero-order chi connectivity index (χ0) is 15.6. The zero-order valence-electron chi connectivity index (χ0n) is 11.6. The molecular formula is C16H14Br2Cl2O. The van der Waals surface area contributed by atoms with E-state index in [0.717, 1.165) is 15.6 Å². The SMILES string of the molecule is CCOc1cc(Cl)c(C(Br)c2cc(C)ccc2Br)cc1Cl. The average Bonchev–Trinajstić information content (AvgIpc) is 2.44. The third-order valence-electron chi connectivity index (χ3n) is 3.05. The summed E-state index contributed by atoms with van der Waals surface area (Å²) in [4.78, 5) is -0.0487. The number of ether oxygens (including phenoxy) is 1. The summed E-state index contributed by atoms with van der Waals surface area (Å²) >= 11 is 20.0. The van der Waals surface area contributed by atoms with Crippen molar-refractivity contribution in [2.75, 3.05) is 6.61 Å². The second kappa shape index (κ2) is 7.36. The first-order chi connectivity index (χ1) is 9.93. The highest BCUT2D eigenvalue weighted by molar-refractivity contribution is 9.11. The number of hydrogen-bond acceptors (Lipinski definition) is 1.